The normalized spacial score (nSPS) is 12.3. The highest BCUT2D eigenvalue weighted by Gasteiger charge is 2.39. The van der Waals surface area contributed by atoms with Crippen LogP contribution in [0.2, 0.25) is 0 Å². The monoisotopic (exact) mass is 216 g/mol. The molecule has 0 saturated carbocycles. The fourth-order valence-corrected chi connectivity index (χ4v) is 1.35. The van der Waals surface area contributed by atoms with Gasteiger partial charge in [-0.3, -0.25) is 9.59 Å². The summed E-state index contributed by atoms with van der Waals surface area (Å²) in [4.78, 5) is 22.7. The second-order valence-corrected chi connectivity index (χ2v) is 4.16. The maximum atomic E-state index is 11.6. The van der Waals surface area contributed by atoms with Crippen LogP contribution in [0.1, 0.15) is 41.5 Å². The molecule has 0 atom stereocenters. The topological polar surface area (TPSA) is 52.6 Å². The minimum Gasteiger partial charge on any atom is -0.341 e. The van der Waals surface area contributed by atoms with E-state index in [1.54, 1.807) is 27.7 Å². The lowest BCUT2D eigenvalue weighted by Crippen LogP contribution is -2.47. The number of hydrogen-bond acceptors (Lipinski definition) is 4. The molecule has 0 bridgehead atoms. The van der Waals surface area contributed by atoms with Crippen molar-refractivity contribution in [1.29, 1.82) is 0 Å². The van der Waals surface area contributed by atoms with Crippen molar-refractivity contribution in [2.24, 2.45) is 0 Å². The van der Waals surface area contributed by atoms with Gasteiger partial charge in [-0.15, -0.1) is 0 Å². The van der Waals surface area contributed by atoms with Crippen molar-refractivity contribution < 1.29 is 19.1 Å². The van der Waals surface area contributed by atoms with Crippen LogP contribution in [0.4, 0.5) is 0 Å². The van der Waals surface area contributed by atoms with E-state index in [4.69, 9.17) is 9.47 Å². The second-order valence-electron chi connectivity index (χ2n) is 4.16. The van der Waals surface area contributed by atoms with Gasteiger partial charge in [-0.2, -0.15) is 0 Å². The van der Waals surface area contributed by atoms with Crippen molar-refractivity contribution in [2.45, 2.75) is 59.5 Å². The second kappa shape index (κ2) is 5.37. The number of hydrogen-bond donors (Lipinski definition) is 0. The van der Waals surface area contributed by atoms with E-state index in [1.165, 1.54) is 13.8 Å². The Kier molecular flexibility index (Phi) is 5.11. The molecule has 0 unspecified atom stereocenters. The van der Waals surface area contributed by atoms with Crippen LogP contribution in [-0.4, -0.2) is 29.6 Å². The Hall–Kier alpha value is -0.740. The van der Waals surface area contributed by atoms with Gasteiger partial charge in [0.1, 0.15) is 0 Å². The Bertz CT molecular complexity index is 233. The Morgan fingerprint density at radius 1 is 1.00 bits per heavy atom. The minimum absolute atomic E-state index is 0.183. The summed E-state index contributed by atoms with van der Waals surface area (Å²) >= 11 is 0. The van der Waals surface area contributed by atoms with Gasteiger partial charge in [0.25, 0.3) is 5.78 Å². The van der Waals surface area contributed by atoms with E-state index in [1.807, 2.05) is 0 Å². The maximum absolute atomic E-state index is 11.6. The van der Waals surface area contributed by atoms with Crippen molar-refractivity contribution in [3.8, 4) is 0 Å². The van der Waals surface area contributed by atoms with Crippen molar-refractivity contribution >= 4 is 11.6 Å². The van der Waals surface area contributed by atoms with E-state index in [0.717, 1.165) is 0 Å². The first-order chi connectivity index (χ1) is 6.69. The Morgan fingerprint density at radius 3 is 1.53 bits per heavy atom. The standard InChI is InChI=1S/C11H20O4/c1-7(2)14-11(6,15-8(3)4)10(13)9(5)12/h7-8H,1-6H3. The summed E-state index contributed by atoms with van der Waals surface area (Å²) in [6.07, 6.45) is -0.367. The third-order valence-electron chi connectivity index (χ3n) is 1.65. The number of rotatable bonds is 6. The smallest absolute Gasteiger partial charge is 0.256 e. The minimum atomic E-state index is -1.46. The Labute approximate surface area is 90.9 Å². The van der Waals surface area contributed by atoms with Crippen LogP contribution >= 0.6 is 0 Å². The van der Waals surface area contributed by atoms with E-state index in [-0.39, 0.29) is 12.2 Å². The van der Waals surface area contributed by atoms with Gasteiger partial charge in [-0.25, -0.2) is 0 Å². The van der Waals surface area contributed by atoms with Crippen molar-refractivity contribution in [2.75, 3.05) is 0 Å². The van der Waals surface area contributed by atoms with Crippen LogP contribution in [-0.2, 0) is 19.1 Å². The molecule has 0 heterocycles. The highest BCUT2D eigenvalue weighted by Crippen LogP contribution is 2.19. The molecule has 0 aliphatic rings. The average molecular weight is 216 g/mol. The third kappa shape index (κ3) is 4.53. The fourth-order valence-electron chi connectivity index (χ4n) is 1.35. The van der Waals surface area contributed by atoms with Crippen molar-refractivity contribution in [3.05, 3.63) is 0 Å². The molecule has 88 valence electrons. The summed E-state index contributed by atoms with van der Waals surface area (Å²) in [5, 5.41) is 0. The van der Waals surface area contributed by atoms with Gasteiger partial charge in [-0.1, -0.05) is 0 Å². The molecule has 4 heteroatoms. The first-order valence-electron chi connectivity index (χ1n) is 5.10. The van der Waals surface area contributed by atoms with Crippen LogP contribution in [0.15, 0.2) is 0 Å². The molecule has 0 amide bonds. The lowest BCUT2D eigenvalue weighted by molar-refractivity contribution is -0.244. The number of carbonyl (C=O) groups excluding carboxylic acids is 2. The molecule has 0 aromatic heterocycles. The molecular weight excluding hydrogens is 196 g/mol. The van der Waals surface area contributed by atoms with Gasteiger partial charge in [0, 0.05) is 6.92 Å². The molecule has 0 fully saturated rings. The zero-order valence-electron chi connectivity index (χ0n) is 10.3. The molecule has 0 aliphatic carbocycles. The van der Waals surface area contributed by atoms with E-state index in [0.29, 0.717) is 0 Å². The first-order valence-corrected chi connectivity index (χ1v) is 5.10. The summed E-state index contributed by atoms with van der Waals surface area (Å²) in [6.45, 7) is 9.85. The molecule has 0 radical (unpaired) electrons. The molecule has 15 heavy (non-hydrogen) atoms. The quantitative estimate of drug-likeness (QED) is 0.501. The lowest BCUT2D eigenvalue weighted by atomic mass is 10.1. The highest BCUT2D eigenvalue weighted by molar-refractivity contribution is 6.38. The molecule has 4 nitrogen and oxygen atoms in total. The van der Waals surface area contributed by atoms with Crippen LogP contribution in [0, 0.1) is 0 Å². The summed E-state index contributed by atoms with van der Waals surface area (Å²) in [7, 11) is 0. The third-order valence-corrected chi connectivity index (χ3v) is 1.65. The Morgan fingerprint density at radius 2 is 1.33 bits per heavy atom. The van der Waals surface area contributed by atoms with Gasteiger partial charge in [0.05, 0.1) is 12.2 Å². The maximum Gasteiger partial charge on any atom is 0.256 e. The van der Waals surface area contributed by atoms with Crippen molar-refractivity contribution in [1.82, 2.24) is 0 Å². The molecule has 0 spiro atoms. The molecule has 0 rings (SSSR count). The van der Waals surface area contributed by atoms with Gasteiger partial charge in [0.15, 0.2) is 0 Å². The van der Waals surface area contributed by atoms with Crippen LogP contribution in [0.5, 0.6) is 0 Å². The van der Waals surface area contributed by atoms with Crippen molar-refractivity contribution in [3.63, 3.8) is 0 Å². The molecule has 0 aromatic rings. The average Bonchev–Trinajstić information content (AvgIpc) is 1.99. The van der Waals surface area contributed by atoms with E-state index >= 15 is 0 Å². The first kappa shape index (κ1) is 14.3. The molecule has 0 aliphatic heterocycles. The van der Waals surface area contributed by atoms with E-state index in [2.05, 4.69) is 0 Å². The largest absolute Gasteiger partial charge is 0.341 e. The van der Waals surface area contributed by atoms with Crippen LogP contribution < -0.4 is 0 Å². The number of ether oxygens (including phenoxy) is 2. The molecule has 0 saturated heterocycles. The van der Waals surface area contributed by atoms with Gasteiger partial charge in [-0.05, 0) is 34.6 Å². The SMILES string of the molecule is CC(=O)C(=O)C(C)(OC(C)C)OC(C)C. The van der Waals surface area contributed by atoms with Gasteiger partial charge >= 0.3 is 0 Å². The van der Waals surface area contributed by atoms with Gasteiger partial charge < -0.3 is 9.47 Å². The van der Waals surface area contributed by atoms with E-state index < -0.39 is 17.4 Å². The predicted molar refractivity (Wildman–Crippen MR) is 56.5 cm³/mol. The van der Waals surface area contributed by atoms with E-state index in [9.17, 15) is 9.59 Å². The zero-order valence-corrected chi connectivity index (χ0v) is 10.3. The number of carbonyl (C=O) groups is 2. The fraction of sp³-hybridized carbons (Fsp3) is 0.818. The predicted octanol–water partition coefficient (Wildman–Crippen LogP) is 1.71. The Balaban J connectivity index is 4.84. The number of ketones is 2. The van der Waals surface area contributed by atoms with Crippen LogP contribution in [0.25, 0.3) is 0 Å². The summed E-state index contributed by atoms with van der Waals surface area (Å²) < 4.78 is 10.8. The highest BCUT2D eigenvalue weighted by atomic mass is 16.7. The summed E-state index contributed by atoms with van der Waals surface area (Å²) in [5.41, 5.74) is 0. The molecule has 0 aromatic carbocycles. The zero-order chi connectivity index (χ0) is 12.2. The van der Waals surface area contributed by atoms with Gasteiger partial charge in [0.2, 0.25) is 11.6 Å². The molecular formula is C11H20O4. The van der Waals surface area contributed by atoms with Crippen LogP contribution in [0.3, 0.4) is 0 Å². The number of Topliss-reactive ketones (excluding diaryl/α,β-unsaturated/α-hetero) is 2. The summed E-state index contributed by atoms with van der Waals surface area (Å²) in [5.74, 6) is -2.67. The lowest BCUT2D eigenvalue weighted by Gasteiger charge is -2.31. The summed E-state index contributed by atoms with van der Waals surface area (Å²) in [6, 6.07) is 0. The molecule has 0 N–H and O–H groups in total.